The van der Waals surface area contributed by atoms with E-state index in [-0.39, 0.29) is 11.7 Å². The van der Waals surface area contributed by atoms with Crippen LogP contribution in [0, 0.1) is 5.82 Å². The van der Waals surface area contributed by atoms with Crippen LogP contribution in [0.1, 0.15) is 18.6 Å². The molecule has 1 heterocycles. The molecule has 2 unspecified atom stereocenters. The summed E-state index contributed by atoms with van der Waals surface area (Å²) >= 11 is 0. The quantitative estimate of drug-likeness (QED) is 0.843. The number of carbonyl (C=O) groups excluding carboxylic acids is 1. The molecule has 0 bridgehead atoms. The number of benzene rings is 1. The summed E-state index contributed by atoms with van der Waals surface area (Å²) in [6.07, 6.45) is -1.65. The van der Waals surface area contributed by atoms with Crippen molar-refractivity contribution in [2.24, 2.45) is 0 Å². The Morgan fingerprint density at radius 3 is 2.29 bits per heavy atom. The Labute approximate surface area is 123 Å². The van der Waals surface area contributed by atoms with Crippen LogP contribution in [0.5, 0.6) is 0 Å². The zero-order chi connectivity index (χ0) is 15.4. The van der Waals surface area contributed by atoms with Gasteiger partial charge in [0.25, 0.3) is 5.91 Å². The maximum absolute atomic E-state index is 12.8. The molecule has 2 atom stereocenters. The van der Waals surface area contributed by atoms with E-state index >= 15 is 0 Å². The van der Waals surface area contributed by atoms with E-state index in [2.05, 4.69) is 4.90 Å². The first-order valence-corrected chi connectivity index (χ1v) is 7.10. The van der Waals surface area contributed by atoms with Gasteiger partial charge in [0.2, 0.25) is 0 Å². The number of piperazine rings is 1. The number of hydrogen-bond donors (Lipinski definition) is 2. The van der Waals surface area contributed by atoms with Crippen molar-refractivity contribution in [1.82, 2.24) is 9.80 Å². The van der Waals surface area contributed by atoms with Gasteiger partial charge in [-0.15, -0.1) is 0 Å². The minimum atomic E-state index is -0.971. The number of rotatable bonds is 4. The van der Waals surface area contributed by atoms with Gasteiger partial charge in [-0.3, -0.25) is 9.69 Å². The molecule has 6 heteroatoms. The highest BCUT2D eigenvalue weighted by atomic mass is 19.1. The zero-order valence-corrected chi connectivity index (χ0v) is 12.1. The Morgan fingerprint density at radius 2 is 1.76 bits per heavy atom. The van der Waals surface area contributed by atoms with E-state index < -0.39 is 12.2 Å². The molecule has 1 aromatic rings. The maximum Gasteiger partial charge on any atom is 0.251 e. The molecule has 0 aromatic heterocycles. The molecule has 1 amide bonds. The Bertz CT molecular complexity index is 470. The monoisotopic (exact) mass is 296 g/mol. The van der Waals surface area contributed by atoms with Gasteiger partial charge in [-0.25, -0.2) is 4.39 Å². The molecule has 0 saturated carbocycles. The summed E-state index contributed by atoms with van der Waals surface area (Å²) in [5, 5.41) is 19.4. The lowest BCUT2D eigenvalue weighted by atomic mass is 10.1. The largest absolute Gasteiger partial charge is 0.387 e. The first-order chi connectivity index (χ1) is 9.97. The molecule has 21 heavy (non-hydrogen) atoms. The molecule has 1 aliphatic rings. The predicted molar refractivity (Wildman–Crippen MR) is 76.1 cm³/mol. The van der Waals surface area contributed by atoms with E-state index in [1.165, 1.54) is 19.1 Å². The normalized spacial score (nSPS) is 19.3. The number of hydrogen-bond acceptors (Lipinski definition) is 4. The second-order valence-electron chi connectivity index (χ2n) is 5.37. The van der Waals surface area contributed by atoms with Gasteiger partial charge >= 0.3 is 0 Å². The molecule has 0 aliphatic carbocycles. The Balaban J connectivity index is 1.83. The fourth-order valence-electron chi connectivity index (χ4n) is 2.45. The number of nitrogens with zero attached hydrogens (tertiary/aromatic N) is 2. The molecule has 0 spiro atoms. The van der Waals surface area contributed by atoms with Crippen LogP contribution in [-0.4, -0.2) is 64.7 Å². The van der Waals surface area contributed by atoms with E-state index in [0.29, 0.717) is 38.3 Å². The number of halogens is 1. The van der Waals surface area contributed by atoms with Crippen molar-refractivity contribution in [3.05, 3.63) is 35.6 Å². The van der Waals surface area contributed by atoms with Gasteiger partial charge in [-0.2, -0.15) is 0 Å². The zero-order valence-electron chi connectivity index (χ0n) is 12.1. The van der Waals surface area contributed by atoms with E-state index in [4.69, 9.17) is 0 Å². The summed E-state index contributed by atoms with van der Waals surface area (Å²) in [6.45, 7) is 4.29. The highest BCUT2D eigenvalue weighted by Gasteiger charge is 2.24. The van der Waals surface area contributed by atoms with Gasteiger partial charge in [0.1, 0.15) is 11.9 Å². The van der Waals surface area contributed by atoms with Crippen LogP contribution in [0.3, 0.4) is 0 Å². The standard InChI is InChI=1S/C15H21FN2O3/c1-11(19)15(21)18-8-6-17(7-9-18)10-14(20)12-2-4-13(16)5-3-12/h2-5,11,14,19-20H,6-10H2,1H3. The van der Waals surface area contributed by atoms with Gasteiger partial charge in [-0.05, 0) is 24.6 Å². The van der Waals surface area contributed by atoms with Crippen LogP contribution in [0.2, 0.25) is 0 Å². The number of amides is 1. The molecule has 1 saturated heterocycles. The molecular formula is C15H21FN2O3. The van der Waals surface area contributed by atoms with Crippen molar-refractivity contribution < 1.29 is 19.4 Å². The fraction of sp³-hybridized carbons (Fsp3) is 0.533. The lowest BCUT2D eigenvalue weighted by Gasteiger charge is -2.36. The molecule has 1 aromatic carbocycles. The van der Waals surface area contributed by atoms with Crippen LogP contribution in [0.15, 0.2) is 24.3 Å². The van der Waals surface area contributed by atoms with Crippen molar-refractivity contribution in [3.63, 3.8) is 0 Å². The molecular weight excluding hydrogens is 275 g/mol. The molecule has 2 N–H and O–H groups in total. The smallest absolute Gasteiger partial charge is 0.251 e. The van der Waals surface area contributed by atoms with Gasteiger partial charge in [0.05, 0.1) is 6.10 Å². The van der Waals surface area contributed by atoms with Crippen LogP contribution < -0.4 is 0 Å². The molecule has 0 radical (unpaired) electrons. The van der Waals surface area contributed by atoms with Crippen molar-refractivity contribution in [3.8, 4) is 0 Å². The summed E-state index contributed by atoms with van der Waals surface area (Å²) in [5.74, 6) is -0.579. The third-order valence-corrected chi connectivity index (χ3v) is 3.73. The third kappa shape index (κ3) is 4.23. The van der Waals surface area contributed by atoms with Crippen LogP contribution >= 0.6 is 0 Å². The van der Waals surface area contributed by atoms with Crippen molar-refractivity contribution in [1.29, 1.82) is 0 Å². The lowest BCUT2D eigenvalue weighted by molar-refractivity contribution is -0.141. The third-order valence-electron chi connectivity index (χ3n) is 3.73. The summed E-state index contributed by atoms with van der Waals surface area (Å²) < 4.78 is 12.8. The lowest BCUT2D eigenvalue weighted by Crippen LogP contribution is -2.51. The predicted octanol–water partition coefficient (Wildman–Crippen LogP) is 0.384. The van der Waals surface area contributed by atoms with Crippen LogP contribution in [0.25, 0.3) is 0 Å². The van der Waals surface area contributed by atoms with E-state index in [1.54, 1.807) is 17.0 Å². The summed E-state index contributed by atoms with van der Waals surface area (Å²) in [4.78, 5) is 15.3. The average molecular weight is 296 g/mol. The molecule has 1 fully saturated rings. The van der Waals surface area contributed by atoms with Gasteiger partial charge < -0.3 is 15.1 Å². The Hall–Kier alpha value is -1.50. The number of β-amino-alcohol motifs (C(OH)–C–C–N with tert-alkyl or cyclic N) is 1. The minimum Gasteiger partial charge on any atom is -0.387 e. The van der Waals surface area contributed by atoms with Gasteiger partial charge in [0, 0.05) is 32.7 Å². The summed E-state index contributed by atoms with van der Waals surface area (Å²) in [5.41, 5.74) is 0.680. The first-order valence-electron chi connectivity index (χ1n) is 7.10. The van der Waals surface area contributed by atoms with Gasteiger partial charge in [0.15, 0.2) is 0 Å². The fourth-order valence-corrected chi connectivity index (χ4v) is 2.45. The first kappa shape index (κ1) is 15.9. The SMILES string of the molecule is CC(O)C(=O)N1CCN(CC(O)c2ccc(F)cc2)CC1. The average Bonchev–Trinajstić information content (AvgIpc) is 2.47. The van der Waals surface area contributed by atoms with Crippen molar-refractivity contribution in [2.75, 3.05) is 32.7 Å². The Morgan fingerprint density at radius 1 is 1.19 bits per heavy atom. The topological polar surface area (TPSA) is 64.0 Å². The minimum absolute atomic E-state index is 0.256. The number of aliphatic hydroxyl groups excluding tert-OH is 2. The molecule has 5 nitrogen and oxygen atoms in total. The van der Waals surface area contributed by atoms with Crippen LogP contribution in [-0.2, 0) is 4.79 Å². The summed E-state index contributed by atoms with van der Waals surface area (Å²) in [7, 11) is 0. The Kier molecular flexibility index (Phi) is 5.27. The van der Waals surface area contributed by atoms with Crippen LogP contribution in [0.4, 0.5) is 4.39 Å². The highest BCUT2D eigenvalue weighted by molar-refractivity contribution is 5.80. The second-order valence-corrected chi connectivity index (χ2v) is 5.37. The van der Waals surface area contributed by atoms with E-state index in [1.807, 2.05) is 0 Å². The molecule has 2 rings (SSSR count). The number of carbonyl (C=O) groups is 1. The van der Waals surface area contributed by atoms with Gasteiger partial charge in [-0.1, -0.05) is 12.1 Å². The summed E-state index contributed by atoms with van der Waals surface area (Å²) in [6, 6.07) is 5.82. The molecule has 1 aliphatic heterocycles. The highest BCUT2D eigenvalue weighted by Crippen LogP contribution is 2.16. The van der Waals surface area contributed by atoms with E-state index in [0.717, 1.165) is 0 Å². The number of aliphatic hydroxyl groups is 2. The van der Waals surface area contributed by atoms with E-state index in [9.17, 15) is 19.4 Å². The molecule has 116 valence electrons. The maximum atomic E-state index is 12.8. The second kappa shape index (κ2) is 6.98. The van der Waals surface area contributed by atoms with Crippen molar-refractivity contribution in [2.45, 2.75) is 19.1 Å². The van der Waals surface area contributed by atoms with Crippen molar-refractivity contribution >= 4 is 5.91 Å².